The van der Waals surface area contributed by atoms with Crippen molar-refractivity contribution in [3.05, 3.63) is 35.4 Å². The van der Waals surface area contributed by atoms with E-state index in [0.29, 0.717) is 17.9 Å². The third-order valence-corrected chi connectivity index (χ3v) is 3.81. The molecule has 0 radical (unpaired) electrons. The van der Waals surface area contributed by atoms with Crippen molar-refractivity contribution in [2.24, 2.45) is 5.92 Å². The summed E-state index contributed by atoms with van der Waals surface area (Å²) in [6.07, 6.45) is 5.20. The average Bonchev–Trinajstić information content (AvgIpc) is 2.41. The molecule has 0 aliphatic carbocycles. The van der Waals surface area contributed by atoms with Crippen LogP contribution in [-0.2, 0) is 6.42 Å². The van der Waals surface area contributed by atoms with Crippen LogP contribution in [0.15, 0.2) is 18.2 Å². The Balaban J connectivity index is 2.83. The van der Waals surface area contributed by atoms with Crippen LogP contribution in [0.25, 0.3) is 0 Å². The van der Waals surface area contributed by atoms with E-state index in [9.17, 15) is 8.78 Å². The molecular formula is C17H27F2N. The molecule has 0 saturated heterocycles. The molecule has 1 aromatic carbocycles. The topological polar surface area (TPSA) is 12.0 Å². The Labute approximate surface area is 121 Å². The van der Waals surface area contributed by atoms with Crippen LogP contribution < -0.4 is 5.32 Å². The Hall–Kier alpha value is -0.960. The molecule has 0 aliphatic rings. The predicted octanol–water partition coefficient (Wildman–Crippen LogP) is 4.70. The molecule has 1 unspecified atom stereocenters. The maximum Gasteiger partial charge on any atom is 0.129 e. The van der Waals surface area contributed by atoms with Crippen LogP contribution in [0.1, 0.15) is 52.0 Å². The van der Waals surface area contributed by atoms with Crippen molar-refractivity contribution >= 4 is 0 Å². The van der Waals surface area contributed by atoms with E-state index in [-0.39, 0.29) is 6.04 Å². The van der Waals surface area contributed by atoms with Crippen molar-refractivity contribution in [3.8, 4) is 0 Å². The first-order valence-electron chi connectivity index (χ1n) is 7.79. The van der Waals surface area contributed by atoms with Gasteiger partial charge in [0.1, 0.15) is 11.6 Å². The van der Waals surface area contributed by atoms with Crippen molar-refractivity contribution in [3.63, 3.8) is 0 Å². The molecule has 0 spiro atoms. The van der Waals surface area contributed by atoms with Gasteiger partial charge in [0.2, 0.25) is 0 Å². The zero-order valence-corrected chi connectivity index (χ0v) is 12.9. The quantitative estimate of drug-likeness (QED) is 0.692. The monoisotopic (exact) mass is 283 g/mol. The van der Waals surface area contributed by atoms with Crippen LogP contribution in [0, 0.1) is 17.6 Å². The molecule has 0 saturated carbocycles. The van der Waals surface area contributed by atoms with Gasteiger partial charge in [-0.05, 0) is 43.4 Å². The summed E-state index contributed by atoms with van der Waals surface area (Å²) in [4.78, 5) is 0. The fourth-order valence-corrected chi connectivity index (χ4v) is 2.88. The SMILES string of the molecule is CCCC(CCC)C(Cc1ccc(F)cc1F)NCC. The summed E-state index contributed by atoms with van der Waals surface area (Å²) in [6, 6.07) is 4.16. The van der Waals surface area contributed by atoms with Gasteiger partial charge in [-0.1, -0.05) is 39.7 Å². The zero-order valence-electron chi connectivity index (χ0n) is 12.9. The molecule has 0 aromatic heterocycles. The van der Waals surface area contributed by atoms with E-state index < -0.39 is 11.6 Å². The van der Waals surface area contributed by atoms with Gasteiger partial charge in [0, 0.05) is 12.1 Å². The Kier molecular flexibility index (Phi) is 7.75. The highest BCUT2D eigenvalue weighted by molar-refractivity contribution is 5.19. The van der Waals surface area contributed by atoms with Gasteiger partial charge in [0.05, 0.1) is 0 Å². The molecule has 1 nitrogen and oxygen atoms in total. The predicted molar refractivity (Wildman–Crippen MR) is 80.8 cm³/mol. The molecule has 1 rings (SSSR count). The smallest absolute Gasteiger partial charge is 0.129 e. The molecule has 3 heteroatoms. The van der Waals surface area contributed by atoms with Gasteiger partial charge in [0.15, 0.2) is 0 Å². The Morgan fingerprint density at radius 2 is 1.70 bits per heavy atom. The number of likely N-dealkylation sites (N-methyl/N-ethyl adjacent to an activating group) is 1. The first kappa shape index (κ1) is 17.1. The van der Waals surface area contributed by atoms with Crippen molar-refractivity contribution in [1.82, 2.24) is 5.32 Å². The van der Waals surface area contributed by atoms with Gasteiger partial charge in [-0.25, -0.2) is 8.78 Å². The lowest BCUT2D eigenvalue weighted by molar-refractivity contribution is 0.310. The molecule has 1 N–H and O–H groups in total. The van der Waals surface area contributed by atoms with E-state index >= 15 is 0 Å². The molecule has 0 fully saturated rings. The van der Waals surface area contributed by atoms with Gasteiger partial charge in [-0.3, -0.25) is 0 Å². The summed E-state index contributed by atoms with van der Waals surface area (Å²) < 4.78 is 26.8. The van der Waals surface area contributed by atoms with E-state index in [1.54, 1.807) is 6.07 Å². The second kappa shape index (κ2) is 9.06. The minimum absolute atomic E-state index is 0.264. The highest BCUT2D eigenvalue weighted by Crippen LogP contribution is 2.22. The molecule has 20 heavy (non-hydrogen) atoms. The highest BCUT2D eigenvalue weighted by atomic mass is 19.1. The summed E-state index contributed by atoms with van der Waals surface area (Å²) in [7, 11) is 0. The fraction of sp³-hybridized carbons (Fsp3) is 0.647. The Bertz CT molecular complexity index is 387. The lowest BCUT2D eigenvalue weighted by atomic mass is 9.86. The largest absolute Gasteiger partial charge is 0.314 e. The summed E-state index contributed by atoms with van der Waals surface area (Å²) in [5, 5.41) is 3.48. The zero-order chi connectivity index (χ0) is 15.0. The first-order chi connectivity index (χ1) is 9.62. The number of rotatable bonds is 9. The molecule has 114 valence electrons. The second-order valence-electron chi connectivity index (χ2n) is 5.44. The summed E-state index contributed by atoms with van der Waals surface area (Å²) in [6.45, 7) is 7.31. The van der Waals surface area contributed by atoms with E-state index in [4.69, 9.17) is 0 Å². The van der Waals surface area contributed by atoms with Crippen LogP contribution in [0.5, 0.6) is 0 Å². The maximum atomic E-state index is 13.8. The van der Waals surface area contributed by atoms with Crippen LogP contribution in [0.2, 0.25) is 0 Å². The van der Waals surface area contributed by atoms with E-state index in [1.807, 2.05) is 0 Å². The Morgan fingerprint density at radius 3 is 2.20 bits per heavy atom. The van der Waals surface area contributed by atoms with E-state index in [1.165, 1.54) is 6.07 Å². The van der Waals surface area contributed by atoms with Crippen LogP contribution in [-0.4, -0.2) is 12.6 Å². The molecule has 1 atom stereocenters. The molecule has 0 heterocycles. The first-order valence-corrected chi connectivity index (χ1v) is 7.79. The third kappa shape index (κ3) is 5.20. The number of nitrogens with one attached hydrogen (secondary N) is 1. The van der Waals surface area contributed by atoms with Gasteiger partial charge < -0.3 is 5.32 Å². The highest BCUT2D eigenvalue weighted by Gasteiger charge is 2.21. The number of hydrogen-bond donors (Lipinski definition) is 1. The minimum Gasteiger partial charge on any atom is -0.314 e. The normalized spacial score (nSPS) is 12.9. The van der Waals surface area contributed by atoms with Gasteiger partial charge in [0.25, 0.3) is 0 Å². The van der Waals surface area contributed by atoms with Crippen molar-refractivity contribution in [2.75, 3.05) is 6.54 Å². The molecule has 0 bridgehead atoms. The number of hydrogen-bond acceptors (Lipinski definition) is 1. The van der Waals surface area contributed by atoms with Crippen molar-refractivity contribution in [1.29, 1.82) is 0 Å². The molecule has 0 amide bonds. The summed E-state index contributed by atoms with van der Waals surface area (Å²) >= 11 is 0. The second-order valence-corrected chi connectivity index (χ2v) is 5.44. The van der Waals surface area contributed by atoms with Gasteiger partial charge in [-0.15, -0.1) is 0 Å². The average molecular weight is 283 g/mol. The molecular weight excluding hydrogens is 256 g/mol. The lowest BCUT2D eigenvalue weighted by Crippen LogP contribution is -2.38. The summed E-state index contributed by atoms with van der Waals surface area (Å²) in [5.74, 6) is -0.390. The number of halogens is 2. The maximum absolute atomic E-state index is 13.8. The van der Waals surface area contributed by atoms with E-state index in [0.717, 1.165) is 38.3 Å². The van der Waals surface area contributed by atoms with Crippen molar-refractivity contribution in [2.45, 2.75) is 58.9 Å². The third-order valence-electron chi connectivity index (χ3n) is 3.81. The van der Waals surface area contributed by atoms with Crippen LogP contribution in [0.3, 0.4) is 0 Å². The van der Waals surface area contributed by atoms with Gasteiger partial charge >= 0.3 is 0 Å². The minimum atomic E-state index is -0.509. The molecule has 0 aliphatic heterocycles. The van der Waals surface area contributed by atoms with Gasteiger partial charge in [-0.2, -0.15) is 0 Å². The Morgan fingerprint density at radius 1 is 1.05 bits per heavy atom. The molecule has 1 aromatic rings. The van der Waals surface area contributed by atoms with Crippen LogP contribution in [0.4, 0.5) is 8.78 Å². The lowest BCUT2D eigenvalue weighted by Gasteiger charge is -2.28. The van der Waals surface area contributed by atoms with E-state index in [2.05, 4.69) is 26.1 Å². The fourth-order valence-electron chi connectivity index (χ4n) is 2.88. The van der Waals surface area contributed by atoms with Crippen LogP contribution >= 0.6 is 0 Å². The summed E-state index contributed by atoms with van der Waals surface area (Å²) in [5.41, 5.74) is 0.606. The standard InChI is InChI=1S/C17H27F2N/c1-4-7-13(8-5-2)17(20-6-3)11-14-9-10-15(18)12-16(14)19/h9-10,12-13,17,20H,4-8,11H2,1-3H3. The number of benzene rings is 1. The van der Waals surface area contributed by atoms with Crippen molar-refractivity contribution < 1.29 is 8.78 Å².